The van der Waals surface area contributed by atoms with Crippen molar-refractivity contribution in [2.75, 3.05) is 13.5 Å². The Morgan fingerprint density at radius 2 is 2.09 bits per heavy atom. The van der Waals surface area contributed by atoms with Crippen molar-refractivity contribution in [2.24, 2.45) is 0 Å². The molecule has 0 bridgehead atoms. The van der Waals surface area contributed by atoms with Crippen LogP contribution in [0.1, 0.15) is 32.6 Å². The second-order valence-electron chi connectivity index (χ2n) is 2.46. The molecular weight excluding hydrogens is 364 g/mol. The van der Waals surface area contributed by atoms with Gasteiger partial charge in [0.1, 0.15) is 0 Å². The van der Waals surface area contributed by atoms with Crippen LogP contribution < -0.4 is 26.5 Å². The van der Waals surface area contributed by atoms with Crippen molar-refractivity contribution in [2.45, 2.75) is 32.6 Å². The predicted octanol–water partition coefficient (Wildman–Crippen LogP) is -0.405. The summed E-state index contributed by atoms with van der Waals surface area (Å²) in [5.74, 6) is 0. The van der Waals surface area contributed by atoms with Gasteiger partial charge in [0.2, 0.25) is 0 Å². The maximum absolute atomic E-state index is 3.37. The maximum atomic E-state index is 3.37. The summed E-state index contributed by atoms with van der Waals surface area (Å²) in [6.07, 6.45) is 5.73. The molecule has 0 spiro atoms. The molecule has 1 nitrogen and oxygen atoms in total. The molecule has 0 amide bonds. The van der Waals surface area contributed by atoms with E-state index in [4.69, 9.17) is 0 Å². The Bertz CT molecular complexity index is 61.1. The number of halogens is 2. The molecule has 11 heavy (non-hydrogen) atoms. The van der Waals surface area contributed by atoms with Crippen LogP contribution in [0, 0.1) is 0 Å². The molecule has 0 aromatic heterocycles. The van der Waals surface area contributed by atoms with Crippen LogP contribution in [0.15, 0.2) is 0 Å². The first kappa shape index (κ1) is 12.4. The molecule has 0 aliphatic rings. The van der Waals surface area contributed by atoms with Gasteiger partial charge in [-0.25, -0.2) is 0 Å². The van der Waals surface area contributed by atoms with Crippen LogP contribution in [0.2, 0.25) is 0 Å². The Kier molecular flexibility index (Phi) is 12.9. The summed E-state index contributed by atoms with van der Waals surface area (Å²) >= 11 is 2.85. The zero-order valence-corrected chi connectivity index (χ0v) is 11.5. The molecule has 0 atom stereocenters. The van der Waals surface area contributed by atoms with E-state index >= 15 is 0 Å². The fraction of sp³-hybridized carbons (Fsp3) is 1.00. The number of hydrogen-bond acceptors (Lipinski definition) is 1. The van der Waals surface area contributed by atoms with Gasteiger partial charge < -0.3 is 0 Å². The van der Waals surface area contributed by atoms with Gasteiger partial charge in [-0.05, 0) is 0 Å². The molecule has 0 heterocycles. The molecule has 0 aliphatic heterocycles. The molecule has 0 saturated carbocycles. The first-order valence-electron chi connectivity index (χ1n) is 4.22. The van der Waals surface area contributed by atoms with Gasteiger partial charge in [-0.3, -0.25) is 0 Å². The fourth-order valence-corrected chi connectivity index (χ4v) is 4.20. The van der Waals surface area contributed by atoms with Crippen molar-refractivity contribution in [3.05, 3.63) is 0 Å². The van der Waals surface area contributed by atoms with Gasteiger partial charge in [-0.15, -0.1) is 0 Å². The summed E-state index contributed by atoms with van der Waals surface area (Å²) in [6, 6.07) is 0. The van der Waals surface area contributed by atoms with Crippen LogP contribution in [0.5, 0.6) is 0 Å². The summed E-state index contributed by atoms with van der Waals surface area (Å²) in [6.45, 7) is 2.27. The first-order chi connectivity index (χ1) is 5.41. The monoisotopic (exact) mass is 382 g/mol. The van der Waals surface area contributed by atoms with E-state index in [1.165, 1.54) is 34.7 Å². The van der Waals surface area contributed by atoms with E-state index in [-0.39, 0.29) is 0 Å². The Labute approximate surface area is 94.5 Å². The number of rotatable bonds is 8. The van der Waals surface area contributed by atoms with E-state index in [0.717, 1.165) is 4.55 Å². The summed E-state index contributed by atoms with van der Waals surface area (Å²) in [5.41, 5.74) is 0. The van der Waals surface area contributed by atoms with Crippen LogP contribution in [0.25, 0.3) is 0 Å². The number of unbranched alkanes of at least 4 members (excludes halogenated alkanes) is 3. The topological polar surface area (TPSA) is 12.0 Å². The van der Waals surface area contributed by atoms with Crippen molar-refractivity contribution < 1.29 is 21.2 Å². The Morgan fingerprint density at radius 3 is 2.73 bits per heavy atom. The number of alkyl halides is 3. The standard InChI is InChI=1S/C8H18I2N/c1-2-3-4-5-6-10-8-11-7-9/h11H,2-8H2,1H3/q-1. The van der Waals surface area contributed by atoms with E-state index < -0.39 is 0 Å². The minimum atomic E-state index is 0.485. The Hall–Kier alpha value is 1.42. The minimum absolute atomic E-state index is 0.485. The summed E-state index contributed by atoms with van der Waals surface area (Å²) < 4.78 is 3.95. The van der Waals surface area contributed by atoms with Crippen molar-refractivity contribution in [1.82, 2.24) is 5.32 Å². The normalized spacial score (nSPS) is 10.7. The van der Waals surface area contributed by atoms with Gasteiger partial charge in [0.05, 0.1) is 0 Å². The van der Waals surface area contributed by atoms with Gasteiger partial charge in [0.25, 0.3) is 0 Å². The third-order valence-corrected chi connectivity index (χ3v) is 4.55. The molecule has 3 heteroatoms. The van der Waals surface area contributed by atoms with Crippen molar-refractivity contribution in [3.63, 3.8) is 0 Å². The molecule has 0 rings (SSSR count). The van der Waals surface area contributed by atoms with Crippen LogP contribution in [0.4, 0.5) is 0 Å². The van der Waals surface area contributed by atoms with E-state index in [9.17, 15) is 0 Å². The van der Waals surface area contributed by atoms with E-state index in [0.29, 0.717) is 21.2 Å². The fourth-order valence-electron chi connectivity index (χ4n) is 0.785. The second kappa shape index (κ2) is 11.4. The third kappa shape index (κ3) is 11.4. The third-order valence-electron chi connectivity index (χ3n) is 1.40. The predicted molar refractivity (Wildman–Crippen MR) is 55.9 cm³/mol. The average molecular weight is 382 g/mol. The molecule has 70 valence electrons. The van der Waals surface area contributed by atoms with Gasteiger partial charge >= 0.3 is 95.3 Å². The average Bonchev–Trinajstić information content (AvgIpc) is 2.03. The SMILES string of the molecule is CCCCCC[I-]CNCI. The van der Waals surface area contributed by atoms with Gasteiger partial charge in [-0.1, -0.05) is 0 Å². The van der Waals surface area contributed by atoms with Crippen molar-refractivity contribution in [3.8, 4) is 0 Å². The Balaban J connectivity index is 2.69. The van der Waals surface area contributed by atoms with Gasteiger partial charge in [0.15, 0.2) is 0 Å². The van der Waals surface area contributed by atoms with E-state index in [2.05, 4.69) is 34.8 Å². The molecule has 0 radical (unpaired) electrons. The number of hydrogen-bond donors (Lipinski definition) is 1. The van der Waals surface area contributed by atoms with Crippen LogP contribution in [-0.2, 0) is 0 Å². The number of nitrogens with one attached hydrogen (secondary N) is 1. The van der Waals surface area contributed by atoms with Crippen LogP contribution in [-0.4, -0.2) is 13.5 Å². The van der Waals surface area contributed by atoms with E-state index in [1.807, 2.05) is 0 Å². The Morgan fingerprint density at radius 1 is 1.27 bits per heavy atom. The first-order valence-corrected chi connectivity index (χ1v) is 8.79. The molecule has 0 saturated heterocycles. The van der Waals surface area contributed by atoms with E-state index in [1.54, 1.807) is 0 Å². The molecule has 0 unspecified atom stereocenters. The molecule has 0 aromatic rings. The summed E-state index contributed by atoms with van der Waals surface area (Å²) in [4.78, 5) is 0. The molecule has 0 fully saturated rings. The summed E-state index contributed by atoms with van der Waals surface area (Å²) in [5, 5.41) is 3.37. The molecule has 1 N–H and O–H groups in total. The van der Waals surface area contributed by atoms with Gasteiger partial charge in [0, 0.05) is 0 Å². The van der Waals surface area contributed by atoms with Crippen molar-refractivity contribution in [1.29, 1.82) is 0 Å². The second-order valence-corrected chi connectivity index (χ2v) is 6.14. The summed E-state index contributed by atoms with van der Waals surface area (Å²) in [7, 11) is 0. The zero-order valence-electron chi connectivity index (χ0n) is 7.21. The van der Waals surface area contributed by atoms with Crippen LogP contribution in [0.3, 0.4) is 0 Å². The molecule has 0 aliphatic carbocycles. The zero-order chi connectivity index (χ0) is 8.36. The van der Waals surface area contributed by atoms with Crippen molar-refractivity contribution >= 4 is 22.6 Å². The van der Waals surface area contributed by atoms with Crippen LogP contribution >= 0.6 is 22.6 Å². The molecular formula is C8H18I2N-. The molecule has 0 aromatic carbocycles. The quantitative estimate of drug-likeness (QED) is 0.261. The van der Waals surface area contributed by atoms with Gasteiger partial charge in [-0.2, -0.15) is 0 Å².